The highest BCUT2D eigenvalue weighted by Crippen LogP contribution is 2.32. The van der Waals surface area contributed by atoms with E-state index in [9.17, 15) is 8.78 Å². The molecule has 5 heteroatoms. The van der Waals surface area contributed by atoms with Gasteiger partial charge in [-0.25, -0.2) is 13.2 Å². The van der Waals surface area contributed by atoms with Crippen LogP contribution in [-0.4, -0.2) is 7.11 Å². The van der Waals surface area contributed by atoms with E-state index in [1.165, 1.54) is 31.2 Å². The summed E-state index contributed by atoms with van der Waals surface area (Å²) in [5, 5.41) is 0. The maximum absolute atomic E-state index is 15.1. The number of aryl methyl sites for hydroxylation is 3. The van der Waals surface area contributed by atoms with Gasteiger partial charge in [-0.1, -0.05) is 86.5 Å². The van der Waals surface area contributed by atoms with Crippen molar-refractivity contribution in [2.24, 2.45) is 0 Å². The molecule has 0 aromatic heterocycles. The first-order valence-electron chi connectivity index (χ1n) is 12.6. The van der Waals surface area contributed by atoms with Crippen molar-refractivity contribution in [2.45, 2.75) is 45.4 Å². The summed E-state index contributed by atoms with van der Waals surface area (Å²) in [4.78, 5) is 0. The molecule has 0 unspecified atom stereocenters. The number of ether oxygens (including phenoxy) is 1. The van der Waals surface area contributed by atoms with Gasteiger partial charge in [0.25, 0.3) is 0 Å². The van der Waals surface area contributed by atoms with Crippen molar-refractivity contribution in [3.63, 3.8) is 0 Å². The van der Waals surface area contributed by atoms with Gasteiger partial charge in [-0.15, -0.1) is 0 Å². The summed E-state index contributed by atoms with van der Waals surface area (Å²) in [6.07, 6.45) is 5.18. The molecule has 0 radical (unpaired) electrons. The molecule has 0 aliphatic heterocycles. The smallest absolute Gasteiger partial charge is 0.200 e. The van der Waals surface area contributed by atoms with Crippen LogP contribution >= 0.6 is 0 Å². The Morgan fingerprint density at radius 1 is 0.541 bits per heavy atom. The highest BCUT2D eigenvalue weighted by Gasteiger charge is 2.17. The lowest BCUT2D eigenvalue weighted by molar-refractivity contribution is 0.370. The van der Waals surface area contributed by atoms with Crippen LogP contribution in [0.5, 0.6) is 5.75 Å². The molecule has 192 valence electrons. The average Bonchev–Trinajstić information content (AvgIpc) is 2.92. The Morgan fingerprint density at radius 2 is 1.08 bits per heavy atom. The molecule has 0 amide bonds. The maximum Gasteiger partial charge on any atom is 0.200 e. The fraction of sp³-hybridized carbons (Fsp3) is 0.250. The number of benzene rings is 4. The van der Waals surface area contributed by atoms with Crippen LogP contribution in [0.1, 0.15) is 42.9 Å². The van der Waals surface area contributed by atoms with Crippen LogP contribution in [0, 0.1) is 23.3 Å². The van der Waals surface area contributed by atoms with E-state index in [4.69, 9.17) is 4.74 Å². The standard InChI is InChI=1S/C32H30F4O/c1-3-4-5-6-21-7-12-23(13-8-21)26-18-19-27(31(35)30(26)34)24-14-9-22(10-15-24)11-16-25-17-20-28(37-2)32(36)29(25)33/h7-10,12-15,17-20H,3-6,11,16H2,1-2H3. The van der Waals surface area contributed by atoms with E-state index in [-0.39, 0.29) is 22.4 Å². The predicted octanol–water partition coefficient (Wildman–Crippen LogP) is 9.10. The molecule has 4 rings (SSSR count). The zero-order valence-electron chi connectivity index (χ0n) is 21.1. The summed E-state index contributed by atoms with van der Waals surface area (Å²) in [6, 6.07) is 20.7. The van der Waals surface area contributed by atoms with Crippen LogP contribution in [0.25, 0.3) is 22.3 Å². The molecule has 1 nitrogen and oxygen atoms in total. The van der Waals surface area contributed by atoms with Crippen LogP contribution in [0.4, 0.5) is 17.6 Å². The van der Waals surface area contributed by atoms with Crippen LogP contribution in [0.3, 0.4) is 0 Å². The summed E-state index contributed by atoms with van der Waals surface area (Å²) in [7, 11) is 1.29. The largest absolute Gasteiger partial charge is 0.494 e. The first kappa shape index (κ1) is 26.5. The molecule has 37 heavy (non-hydrogen) atoms. The zero-order chi connectivity index (χ0) is 26.4. The Balaban J connectivity index is 1.46. The van der Waals surface area contributed by atoms with E-state index in [1.807, 2.05) is 24.3 Å². The number of hydrogen-bond donors (Lipinski definition) is 0. The molecule has 4 aromatic carbocycles. The molecule has 0 bridgehead atoms. The number of halogens is 4. The third-order valence-corrected chi connectivity index (χ3v) is 6.71. The van der Waals surface area contributed by atoms with Crippen molar-refractivity contribution < 1.29 is 22.3 Å². The van der Waals surface area contributed by atoms with E-state index < -0.39 is 23.3 Å². The van der Waals surface area contributed by atoms with Gasteiger partial charge in [0.15, 0.2) is 23.2 Å². The van der Waals surface area contributed by atoms with Gasteiger partial charge in [0, 0.05) is 11.1 Å². The van der Waals surface area contributed by atoms with Gasteiger partial charge in [-0.2, -0.15) is 4.39 Å². The monoisotopic (exact) mass is 506 g/mol. The molecule has 0 fully saturated rings. The fourth-order valence-corrected chi connectivity index (χ4v) is 4.48. The second-order valence-corrected chi connectivity index (χ2v) is 9.19. The van der Waals surface area contributed by atoms with Crippen molar-refractivity contribution in [3.8, 4) is 28.0 Å². The van der Waals surface area contributed by atoms with E-state index in [2.05, 4.69) is 6.92 Å². The minimum absolute atomic E-state index is 0.134. The van der Waals surface area contributed by atoms with E-state index in [0.29, 0.717) is 24.0 Å². The summed E-state index contributed by atoms with van der Waals surface area (Å²) in [6.45, 7) is 2.16. The van der Waals surface area contributed by atoms with Crippen molar-refractivity contribution in [3.05, 3.63) is 113 Å². The van der Waals surface area contributed by atoms with Gasteiger partial charge >= 0.3 is 0 Å². The van der Waals surface area contributed by atoms with E-state index >= 15 is 8.78 Å². The summed E-state index contributed by atoms with van der Waals surface area (Å²) in [5.41, 5.74) is 3.89. The second-order valence-electron chi connectivity index (χ2n) is 9.19. The predicted molar refractivity (Wildman–Crippen MR) is 141 cm³/mol. The highest BCUT2D eigenvalue weighted by molar-refractivity contribution is 5.72. The first-order valence-corrected chi connectivity index (χ1v) is 12.6. The summed E-state index contributed by atoms with van der Waals surface area (Å²) >= 11 is 0. The molecule has 0 heterocycles. The Morgan fingerprint density at radius 3 is 1.59 bits per heavy atom. The van der Waals surface area contributed by atoms with Crippen molar-refractivity contribution >= 4 is 0 Å². The van der Waals surface area contributed by atoms with Gasteiger partial charge in [0.2, 0.25) is 5.82 Å². The molecule has 0 N–H and O–H groups in total. The minimum Gasteiger partial charge on any atom is -0.494 e. The van der Waals surface area contributed by atoms with Crippen molar-refractivity contribution in [2.75, 3.05) is 7.11 Å². The molecule has 0 saturated heterocycles. The molecular formula is C32H30F4O. The Hall–Kier alpha value is -3.60. The van der Waals surface area contributed by atoms with E-state index in [1.54, 1.807) is 36.4 Å². The summed E-state index contributed by atoms with van der Waals surface area (Å²) < 4.78 is 63.1. The summed E-state index contributed by atoms with van der Waals surface area (Å²) in [5.74, 6) is -3.82. The van der Waals surface area contributed by atoms with Crippen LogP contribution in [0.2, 0.25) is 0 Å². The third kappa shape index (κ3) is 6.04. The maximum atomic E-state index is 15.1. The molecule has 0 saturated carbocycles. The molecule has 0 aliphatic carbocycles. The lowest BCUT2D eigenvalue weighted by Crippen LogP contribution is -2.00. The lowest BCUT2D eigenvalue weighted by atomic mass is 9.96. The number of rotatable bonds is 10. The van der Waals surface area contributed by atoms with Gasteiger partial charge < -0.3 is 4.74 Å². The highest BCUT2D eigenvalue weighted by atomic mass is 19.2. The Labute approximate surface area is 215 Å². The quantitative estimate of drug-likeness (QED) is 0.154. The van der Waals surface area contributed by atoms with Crippen LogP contribution in [0.15, 0.2) is 72.8 Å². The normalized spacial score (nSPS) is 11.1. The zero-order valence-corrected chi connectivity index (χ0v) is 21.1. The van der Waals surface area contributed by atoms with Crippen LogP contribution in [-0.2, 0) is 19.3 Å². The Kier molecular flexibility index (Phi) is 8.65. The average molecular weight is 507 g/mol. The molecule has 0 atom stereocenters. The first-order chi connectivity index (χ1) is 17.9. The number of unbranched alkanes of at least 4 members (excludes halogenated alkanes) is 2. The third-order valence-electron chi connectivity index (χ3n) is 6.71. The topological polar surface area (TPSA) is 9.23 Å². The molecule has 0 aliphatic rings. The van der Waals surface area contributed by atoms with Crippen molar-refractivity contribution in [1.82, 2.24) is 0 Å². The van der Waals surface area contributed by atoms with Gasteiger partial charge in [-0.05, 0) is 59.6 Å². The van der Waals surface area contributed by atoms with Crippen molar-refractivity contribution in [1.29, 1.82) is 0 Å². The Bertz CT molecular complexity index is 1350. The van der Waals surface area contributed by atoms with Gasteiger partial charge in [0.1, 0.15) is 0 Å². The lowest BCUT2D eigenvalue weighted by Gasteiger charge is -2.11. The minimum atomic E-state index is -1.00. The molecule has 0 spiro atoms. The van der Waals surface area contributed by atoms with Gasteiger partial charge in [-0.3, -0.25) is 0 Å². The number of methoxy groups -OCH3 is 1. The number of hydrogen-bond acceptors (Lipinski definition) is 1. The van der Waals surface area contributed by atoms with Gasteiger partial charge in [0.05, 0.1) is 7.11 Å². The van der Waals surface area contributed by atoms with E-state index in [0.717, 1.165) is 24.8 Å². The molecular weight excluding hydrogens is 476 g/mol. The fourth-order valence-electron chi connectivity index (χ4n) is 4.48. The van der Waals surface area contributed by atoms with Crippen LogP contribution < -0.4 is 4.74 Å². The molecule has 4 aromatic rings. The SMILES string of the molecule is CCCCCc1ccc(-c2ccc(-c3ccc(CCc4ccc(OC)c(F)c4F)cc3)c(F)c2F)cc1. The second kappa shape index (κ2) is 12.1.